The van der Waals surface area contributed by atoms with E-state index in [1.165, 1.54) is 0 Å². The summed E-state index contributed by atoms with van der Waals surface area (Å²) in [5.74, 6) is -3.51. The fraction of sp³-hybridized carbons (Fsp3) is 0.333. The first kappa shape index (κ1) is 53.2. The number of allylic oxidation sites excluding steroid dienone is 3. The predicted molar refractivity (Wildman–Crippen MR) is 177 cm³/mol. The van der Waals surface area contributed by atoms with Crippen molar-refractivity contribution in [1.82, 2.24) is 15.0 Å². The van der Waals surface area contributed by atoms with Crippen molar-refractivity contribution in [1.29, 1.82) is 0 Å². The van der Waals surface area contributed by atoms with E-state index in [2.05, 4.69) is 15.0 Å². The van der Waals surface area contributed by atoms with Gasteiger partial charge in [0.05, 0.1) is 0 Å². The predicted octanol–water partition coefficient (Wildman–Crippen LogP) is 10.7. The number of Topliss-reactive ketones (excluding diaryl/α,β-unsaturated/α-hetero) is 3. The number of nitrogens with zero attached hydrogens (tertiary/aromatic N) is 3. The first-order chi connectivity index (χ1) is 29.0. The molecule has 353 valence electrons. The number of hydrogen-bond acceptors (Lipinski definition) is 9. The second-order valence-electron chi connectivity index (χ2n) is 12.4. The molecule has 3 heterocycles. The van der Waals surface area contributed by atoms with Gasteiger partial charge in [0, 0.05) is 0 Å². The molecular formula is C36H24F18FeN3O6. The van der Waals surface area contributed by atoms with E-state index in [1.54, 1.807) is 0 Å². The van der Waals surface area contributed by atoms with Gasteiger partial charge in [0.15, 0.2) is 0 Å². The molecule has 0 saturated carbocycles. The van der Waals surface area contributed by atoms with Gasteiger partial charge in [-0.3, -0.25) is 0 Å². The van der Waals surface area contributed by atoms with Crippen molar-refractivity contribution < 1.29 is 120 Å². The fourth-order valence-corrected chi connectivity index (χ4v) is 5.90. The van der Waals surface area contributed by atoms with Gasteiger partial charge in [-0.05, 0) is 0 Å². The van der Waals surface area contributed by atoms with Gasteiger partial charge in [-0.1, -0.05) is 0 Å². The molecule has 0 unspecified atom stereocenters. The number of pyridine rings is 3. The van der Waals surface area contributed by atoms with Crippen LogP contribution in [0.4, 0.5) is 79.0 Å². The van der Waals surface area contributed by atoms with Gasteiger partial charge >= 0.3 is 352 Å². The molecule has 0 atom stereocenters. The molecule has 0 amide bonds. The van der Waals surface area contributed by atoms with Crippen molar-refractivity contribution in [2.45, 2.75) is 57.8 Å². The Balaban J connectivity index is 2.12. The van der Waals surface area contributed by atoms with Crippen LogP contribution in [-0.4, -0.2) is 52.1 Å². The Bertz CT molecular complexity index is 1970. The van der Waals surface area contributed by atoms with Gasteiger partial charge in [0.1, 0.15) is 0 Å². The summed E-state index contributed by atoms with van der Waals surface area (Å²) in [4.78, 5) is 44.9. The van der Waals surface area contributed by atoms with E-state index < -0.39 is 157 Å². The number of carbonyl (C=O) groups excluding carboxylic acids is 3. The third-order valence-electron chi connectivity index (χ3n) is 7.58. The van der Waals surface area contributed by atoms with Crippen LogP contribution in [0.3, 0.4) is 0 Å². The second-order valence-corrected chi connectivity index (χ2v) is 13.9. The van der Waals surface area contributed by atoms with Crippen LogP contribution in [0.25, 0.3) is 16.7 Å². The van der Waals surface area contributed by atoms with Crippen molar-refractivity contribution in [3.05, 3.63) is 105 Å². The van der Waals surface area contributed by atoms with Crippen molar-refractivity contribution >= 4 is 34.1 Å². The molecular weight excluding hydrogens is 968 g/mol. The summed E-state index contributed by atoms with van der Waals surface area (Å²) in [7, 11) is 0. The molecule has 0 fully saturated rings. The van der Waals surface area contributed by atoms with E-state index >= 15 is 0 Å². The summed E-state index contributed by atoms with van der Waals surface area (Å²) in [6.45, 7) is -1.08. The van der Waals surface area contributed by atoms with E-state index in [4.69, 9.17) is 11.5 Å². The van der Waals surface area contributed by atoms with Gasteiger partial charge < -0.3 is 0 Å². The average molecular weight is 992 g/mol. The molecule has 3 rings (SSSR count). The van der Waals surface area contributed by atoms with Gasteiger partial charge in [0.2, 0.25) is 0 Å². The summed E-state index contributed by atoms with van der Waals surface area (Å²) >= 11 is -3.39. The number of ketones is 3. The topological polar surface area (TPSA) is 118 Å². The number of rotatable bonds is 15. The van der Waals surface area contributed by atoms with Crippen LogP contribution >= 0.6 is 0 Å². The van der Waals surface area contributed by atoms with Crippen molar-refractivity contribution in [2.24, 2.45) is 0 Å². The van der Waals surface area contributed by atoms with E-state index in [-0.39, 0.29) is 36.4 Å². The molecule has 0 aromatic carbocycles. The Labute approximate surface area is 351 Å². The molecule has 9 nitrogen and oxygen atoms in total. The molecule has 3 aromatic heterocycles. The maximum atomic E-state index is 13.5. The summed E-state index contributed by atoms with van der Waals surface area (Å²) in [5, 5.41) is 0. The van der Waals surface area contributed by atoms with E-state index in [0.29, 0.717) is 39.0 Å². The molecule has 3 aromatic rings. The normalized spacial score (nSPS) is 14.2. The van der Waals surface area contributed by atoms with Gasteiger partial charge in [-0.2, -0.15) is 0 Å². The SMILES string of the molecule is CC(=O)/C(=C\C[O][Fe]([O]C/C=C(\C(C)=O)c1cc(C(F)(F)F)nc(C(F)(F)F)c1)[O]C/C=C(\C(C)=O)c1cc(C(F)(F)F)nc(C(F)(F)F)c1)c1cc(C(F)(F)F)nc(C(F)(F)F)c1. The number of aromatic nitrogens is 3. The molecule has 0 saturated heterocycles. The van der Waals surface area contributed by atoms with Crippen LogP contribution in [0.15, 0.2) is 54.6 Å². The van der Waals surface area contributed by atoms with Crippen molar-refractivity contribution in [3.8, 4) is 0 Å². The van der Waals surface area contributed by atoms with Crippen molar-refractivity contribution in [2.75, 3.05) is 19.8 Å². The molecule has 0 aliphatic heterocycles. The molecule has 0 aliphatic rings. The van der Waals surface area contributed by atoms with Crippen LogP contribution < -0.4 is 0 Å². The van der Waals surface area contributed by atoms with E-state index in [9.17, 15) is 93.4 Å². The number of halogens is 18. The monoisotopic (exact) mass is 992 g/mol. The van der Waals surface area contributed by atoms with Crippen LogP contribution in [0, 0.1) is 0 Å². The standard InChI is InChI=1S/3C12H8F6NO2.Fe/c3*1-6(21)8(2-3-20)7-4-9(11(13,14)15)19-10(5-7)12(16,17)18;/h3*2,4-5H,3H2,1H3;/q3*-1;+3/b3*8-2+;. The number of carbonyl (C=O) groups is 3. The Morgan fingerprint density at radius 3 is 0.719 bits per heavy atom. The third kappa shape index (κ3) is 15.0. The zero-order chi connectivity index (χ0) is 49.0. The number of alkyl halides is 18. The molecule has 0 spiro atoms. The molecule has 0 radical (unpaired) electrons. The zero-order valence-corrected chi connectivity index (χ0v) is 32.9. The summed E-state index contributed by atoms with van der Waals surface area (Å²) in [6, 6.07) is 0.434. The van der Waals surface area contributed by atoms with Gasteiger partial charge in [-0.15, -0.1) is 0 Å². The Morgan fingerprint density at radius 2 is 0.578 bits per heavy atom. The molecule has 0 bridgehead atoms. The molecule has 28 heteroatoms. The Morgan fingerprint density at radius 1 is 0.406 bits per heavy atom. The van der Waals surface area contributed by atoms with Crippen LogP contribution in [0.5, 0.6) is 0 Å². The Kier molecular flexibility index (Phi) is 16.5. The summed E-state index contributed by atoms with van der Waals surface area (Å²) < 4.78 is 258. The fourth-order valence-electron chi connectivity index (χ4n) is 4.90. The molecule has 64 heavy (non-hydrogen) atoms. The van der Waals surface area contributed by atoms with Gasteiger partial charge in [-0.25, -0.2) is 0 Å². The maximum absolute atomic E-state index is 13.5. The average Bonchev–Trinajstić information content (AvgIpc) is 3.13. The van der Waals surface area contributed by atoms with Crippen LogP contribution in [0.1, 0.15) is 71.6 Å². The number of hydrogen-bond donors (Lipinski definition) is 0. The molecule has 0 aliphatic carbocycles. The van der Waals surface area contributed by atoms with Gasteiger partial charge in [0.25, 0.3) is 0 Å². The van der Waals surface area contributed by atoms with E-state index in [1.807, 2.05) is 0 Å². The van der Waals surface area contributed by atoms with Crippen LogP contribution in [-0.2, 0) is 77.8 Å². The molecule has 0 N–H and O–H groups in total. The summed E-state index contributed by atoms with van der Waals surface area (Å²) in [6.07, 6.45) is -31.0. The van der Waals surface area contributed by atoms with Crippen LogP contribution in [0.2, 0.25) is 0 Å². The first-order valence-corrected chi connectivity index (χ1v) is 18.1. The minimum atomic E-state index is -5.47. The third-order valence-corrected chi connectivity index (χ3v) is 8.91. The van der Waals surface area contributed by atoms with E-state index in [0.717, 1.165) is 0 Å². The van der Waals surface area contributed by atoms with Crippen molar-refractivity contribution in [3.63, 3.8) is 0 Å². The quantitative estimate of drug-likeness (QED) is 0.0833. The summed E-state index contributed by atoms with van der Waals surface area (Å²) in [5.41, 5.74) is -18.1. The second kappa shape index (κ2) is 19.9. The minimum absolute atomic E-state index is 0.0724. The Hall–Kier alpha value is -5.18. The zero-order valence-electron chi connectivity index (χ0n) is 31.8. The first-order valence-electron chi connectivity index (χ1n) is 16.7.